The molecule has 14 heavy (non-hydrogen) atoms. The lowest BCUT2D eigenvalue weighted by Gasteiger charge is -2.15. The molecule has 0 rings (SSSR count). The van der Waals surface area contributed by atoms with Crippen LogP contribution in [0.3, 0.4) is 0 Å². The van der Waals surface area contributed by atoms with Gasteiger partial charge in [0.25, 0.3) is 0 Å². The van der Waals surface area contributed by atoms with E-state index in [1.165, 1.54) is 0 Å². The Balaban J connectivity index is 3.88. The molecule has 0 amide bonds. The molecule has 0 aromatic carbocycles. The molecule has 2 heteroatoms. The normalized spacial score (nSPS) is 11.0. The van der Waals surface area contributed by atoms with E-state index >= 15 is 0 Å². The van der Waals surface area contributed by atoms with Crippen molar-refractivity contribution < 1.29 is 9.53 Å². The van der Waals surface area contributed by atoms with Crippen molar-refractivity contribution in [2.24, 2.45) is 11.8 Å². The summed E-state index contributed by atoms with van der Waals surface area (Å²) in [5, 5.41) is 0. The first kappa shape index (κ1) is 13.5. The molecule has 0 fully saturated rings. The maximum atomic E-state index is 11.6. The summed E-state index contributed by atoms with van der Waals surface area (Å²) in [5.41, 5.74) is 0. The zero-order chi connectivity index (χ0) is 11.0. The predicted molar refractivity (Wildman–Crippen MR) is 59.1 cm³/mol. The Kier molecular flexibility index (Phi) is 7.54. The monoisotopic (exact) mass is 200 g/mol. The summed E-state index contributed by atoms with van der Waals surface area (Å²) in [6.45, 7) is 8.89. The first-order chi connectivity index (χ1) is 6.61. The number of hydrogen-bond donors (Lipinski definition) is 0. The van der Waals surface area contributed by atoms with E-state index in [9.17, 15) is 4.79 Å². The Morgan fingerprint density at radius 2 is 1.64 bits per heavy atom. The van der Waals surface area contributed by atoms with Crippen molar-refractivity contribution in [3.8, 4) is 0 Å². The number of carbonyl (C=O) groups is 1. The molecule has 84 valence electrons. The minimum absolute atomic E-state index is 0.00222. The van der Waals surface area contributed by atoms with E-state index in [1.54, 1.807) is 0 Å². The molecular weight excluding hydrogens is 176 g/mol. The predicted octanol–water partition coefficient (Wildman–Crippen LogP) is 3.40. The zero-order valence-electron chi connectivity index (χ0n) is 10.0. The fraction of sp³-hybridized carbons (Fsp3) is 0.917. The third kappa shape index (κ3) is 6.01. The molecular formula is C12H24O2. The maximum absolute atomic E-state index is 11.6. The van der Waals surface area contributed by atoms with Crippen LogP contribution in [0.5, 0.6) is 0 Å². The van der Waals surface area contributed by atoms with E-state index < -0.39 is 0 Å². The van der Waals surface area contributed by atoms with Crippen LogP contribution in [0, 0.1) is 11.8 Å². The number of carbonyl (C=O) groups excluding carboxylic acids is 1. The molecule has 0 radical (unpaired) electrons. The van der Waals surface area contributed by atoms with E-state index in [0.29, 0.717) is 12.5 Å². The molecule has 0 saturated carbocycles. The van der Waals surface area contributed by atoms with Gasteiger partial charge in [0.15, 0.2) is 0 Å². The van der Waals surface area contributed by atoms with E-state index in [0.717, 1.165) is 25.7 Å². The summed E-state index contributed by atoms with van der Waals surface area (Å²) in [6.07, 6.45) is 4.04. The van der Waals surface area contributed by atoms with E-state index in [1.807, 2.05) is 0 Å². The fourth-order valence-electron chi connectivity index (χ4n) is 1.44. The van der Waals surface area contributed by atoms with Crippen molar-refractivity contribution in [3.05, 3.63) is 0 Å². The number of esters is 1. The maximum Gasteiger partial charge on any atom is 0.308 e. The Bertz CT molecular complexity index is 146. The highest BCUT2D eigenvalue weighted by Crippen LogP contribution is 2.15. The Morgan fingerprint density at radius 1 is 1.14 bits per heavy atom. The molecule has 0 N–H and O–H groups in total. The molecule has 0 aromatic heterocycles. The molecule has 0 aromatic rings. The number of hydrogen-bond acceptors (Lipinski definition) is 2. The second kappa shape index (κ2) is 7.84. The van der Waals surface area contributed by atoms with Crippen molar-refractivity contribution in [3.63, 3.8) is 0 Å². The highest BCUT2D eigenvalue weighted by atomic mass is 16.5. The first-order valence-electron chi connectivity index (χ1n) is 5.78. The van der Waals surface area contributed by atoms with Crippen LogP contribution in [0.2, 0.25) is 0 Å². The van der Waals surface area contributed by atoms with Crippen LogP contribution in [0.1, 0.15) is 53.4 Å². The summed E-state index contributed by atoms with van der Waals surface area (Å²) in [6, 6.07) is 0. The van der Waals surface area contributed by atoms with E-state index in [4.69, 9.17) is 4.74 Å². The minimum atomic E-state index is 0.00222. The third-order valence-electron chi connectivity index (χ3n) is 2.17. The third-order valence-corrected chi connectivity index (χ3v) is 2.17. The van der Waals surface area contributed by atoms with Crippen molar-refractivity contribution in [2.75, 3.05) is 6.61 Å². The molecule has 0 aliphatic carbocycles. The number of ether oxygens (including phenoxy) is 1. The molecule has 0 spiro atoms. The van der Waals surface area contributed by atoms with Gasteiger partial charge in [-0.05, 0) is 18.8 Å². The van der Waals surface area contributed by atoms with Gasteiger partial charge in [0.2, 0.25) is 0 Å². The smallest absolute Gasteiger partial charge is 0.308 e. The van der Waals surface area contributed by atoms with Crippen LogP contribution in [-0.4, -0.2) is 12.6 Å². The standard InChI is InChI=1S/C12H24O2/c1-5-7-11(8-6-2)12(13)14-9-10(3)4/h10-11H,5-9H2,1-4H3. The highest BCUT2D eigenvalue weighted by Gasteiger charge is 2.18. The largest absolute Gasteiger partial charge is 0.465 e. The summed E-state index contributed by atoms with van der Waals surface area (Å²) in [5.74, 6) is 0.564. The first-order valence-corrected chi connectivity index (χ1v) is 5.78. The van der Waals surface area contributed by atoms with E-state index in [2.05, 4.69) is 27.7 Å². The zero-order valence-corrected chi connectivity index (χ0v) is 10.0. The average Bonchev–Trinajstić information content (AvgIpc) is 2.14. The lowest BCUT2D eigenvalue weighted by molar-refractivity contribution is -0.150. The summed E-state index contributed by atoms with van der Waals surface area (Å²) in [4.78, 5) is 11.6. The Labute approximate surface area is 88.0 Å². The van der Waals surface area contributed by atoms with Crippen molar-refractivity contribution >= 4 is 5.97 Å². The van der Waals surface area contributed by atoms with E-state index in [-0.39, 0.29) is 11.9 Å². The van der Waals surface area contributed by atoms with Crippen LogP contribution < -0.4 is 0 Å². The van der Waals surface area contributed by atoms with Crippen LogP contribution >= 0.6 is 0 Å². The lowest BCUT2D eigenvalue weighted by atomic mass is 9.99. The topological polar surface area (TPSA) is 26.3 Å². The summed E-state index contributed by atoms with van der Waals surface area (Å²) < 4.78 is 5.23. The summed E-state index contributed by atoms with van der Waals surface area (Å²) >= 11 is 0. The molecule has 2 nitrogen and oxygen atoms in total. The molecule has 0 saturated heterocycles. The van der Waals surface area contributed by atoms with Crippen LogP contribution in [0.25, 0.3) is 0 Å². The van der Waals surface area contributed by atoms with Gasteiger partial charge >= 0.3 is 5.97 Å². The van der Waals surface area contributed by atoms with Gasteiger partial charge in [-0.2, -0.15) is 0 Å². The molecule has 0 heterocycles. The quantitative estimate of drug-likeness (QED) is 0.589. The Morgan fingerprint density at radius 3 is 2.00 bits per heavy atom. The second-order valence-corrected chi connectivity index (χ2v) is 4.30. The lowest BCUT2D eigenvalue weighted by Crippen LogP contribution is -2.19. The minimum Gasteiger partial charge on any atom is -0.465 e. The van der Waals surface area contributed by atoms with Gasteiger partial charge in [0.05, 0.1) is 12.5 Å². The van der Waals surface area contributed by atoms with Gasteiger partial charge in [-0.15, -0.1) is 0 Å². The molecule has 0 aliphatic rings. The fourth-order valence-corrected chi connectivity index (χ4v) is 1.44. The molecule has 0 atom stereocenters. The Hall–Kier alpha value is -0.530. The van der Waals surface area contributed by atoms with Crippen molar-refractivity contribution in [2.45, 2.75) is 53.4 Å². The van der Waals surface area contributed by atoms with Crippen LogP contribution in [-0.2, 0) is 9.53 Å². The SMILES string of the molecule is CCCC(CCC)C(=O)OCC(C)C. The van der Waals surface area contributed by atoms with Gasteiger partial charge in [-0.3, -0.25) is 4.79 Å². The van der Waals surface area contributed by atoms with Crippen molar-refractivity contribution in [1.82, 2.24) is 0 Å². The summed E-state index contributed by atoms with van der Waals surface area (Å²) in [7, 11) is 0. The van der Waals surface area contributed by atoms with Crippen LogP contribution in [0.4, 0.5) is 0 Å². The second-order valence-electron chi connectivity index (χ2n) is 4.30. The highest BCUT2D eigenvalue weighted by molar-refractivity contribution is 5.72. The molecule has 0 bridgehead atoms. The van der Waals surface area contributed by atoms with Gasteiger partial charge < -0.3 is 4.74 Å². The average molecular weight is 200 g/mol. The molecule has 0 unspecified atom stereocenters. The van der Waals surface area contributed by atoms with Crippen LogP contribution in [0.15, 0.2) is 0 Å². The van der Waals surface area contributed by atoms with Crippen molar-refractivity contribution in [1.29, 1.82) is 0 Å². The van der Waals surface area contributed by atoms with Gasteiger partial charge in [-0.1, -0.05) is 40.5 Å². The number of rotatable bonds is 7. The van der Waals surface area contributed by atoms with Gasteiger partial charge in [0.1, 0.15) is 0 Å². The molecule has 0 aliphatic heterocycles. The van der Waals surface area contributed by atoms with Gasteiger partial charge in [0, 0.05) is 0 Å². The van der Waals surface area contributed by atoms with Gasteiger partial charge in [-0.25, -0.2) is 0 Å².